The average molecular weight is 544 g/mol. The van der Waals surface area contributed by atoms with E-state index in [1.807, 2.05) is 6.07 Å². The first kappa shape index (κ1) is 24.1. The van der Waals surface area contributed by atoms with Crippen molar-refractivity contribution in [2.45, 2.75) is 35.2 Å². The maximum absolute atomic E-state index is 13.2. The van der Waals surface area contributed by atoms with Crippen molar-refractivity contribution >= 4 is 20.0 Å². The minimum Gasteiger partial charge on any atom is -0.493 e. The van der Waals surface area contributed by atoms with Crippen LogP contribution in [-0.4, -0.2) is 48.4 Å². The summed E-state index contributed by atoms with van der Waals surface area (Å²) in [5.74, 6) is 1.99. The summed E-state index contributed by atoms with van der Waals surface area (Å²) in [6.45, 7) is 1.51. The van der Waals surface area contributed by atoms with Crippen molar-refractivity contribution in [1.82, 2.24) is 4.90 Å². The lowest BCUT2D eigenvalue weighted by Crippen LogP contribution is -2.39. The Morgan fingerprint density at radius 1 is 0.919 bits per heavy atom. The number of methoxy groups -OCH3 is 1. The van der Waals surface area contributed by atoms with E-state index in [1.54, 1.807) is 6.07 Å². The fraction of sp³-hybridized carbons (Fsp3) is 0.308. The van der Waals surface area contributed by atoms with Crippen LogP contribution < -0.4 is 18.4 Å². The SMILES string of the molecule is COc1ccc2c(c1OS(=O)(=O)c1ccc(S(C)(=O)=O)cc1)CN1CCc3cc4c(cc3C1C2)OCO4. The van der Waals surface area contributed by atoms with Crippen molar-refractivity contribution in [2.75, 3.05) is 26.7 Å². The number of sulfone groups is 1. The van der Waals surface area contributed by atoms with Gasteiger partial charge in [-0.15, -0.1) is 0 Å². The van der Waals surface area contributed by atoms with Crippen LogP contribution in [-0.2, 0) is 39.3 Å². The maximum Gasteiger partial charge on any atom is 0.339 e. The van der Waals surface area contributed by atoms with Gasteiger partial charge in [-0.1, -0.05) is 6.07 Å². The molecule has 0 amide bonds. The van der Waals surface area contributed by atoms with Crippen LogP contribution in [0.15, 0.2) is 58.3 Å². The van der Waals surface area contributed by atoms with Crippen LogP contribution >= 0.6 is 0 Å². The number of hydrogen-bond acceptors (Lipinski definition) is 9. The van der Waals surface area contributed by atoms with Crippen LogP contribution in [0.25, 0.3) is 0 Å². The first-order valence-corrected chi connectivity index (χ1v) is 15.0. The van der Waals surface area contributed by atoms with Gasteiger partial charge in [-0.2, -0.15) is 8.42 Å². The van der Waals surface area contributed by atoms with Gasteiger partial charge in [-0.05, 0) is 72.0 Å². The molecule has 9 nitrogen and oxygen atoms in total. The Morgan fingerprint density at radius 3 is 2.32 bits per heavy atom. The molecule has 0 aromatic heterocycles. The van der Waals surface area contributed by atoms with Crippen molar-refractivity contribution in [1.29, 1.82) is 0 Å². The minimum atomic E-state index is -4.25. The molecular formula is C26H25NO8S2. The maximum atomic E-state index is 13.2. The molecule has 0 radical (unpaired) electrons. The quantitative estimate of drug-likeness (QED) is 0.448. The third kappa shape index (κ3) is 4.20. The predicted octanol–water partition coefficient (Wildman–Crippen LogP) is 3.25. The molecule has 0 bridgehead atoms. The molecule has 0 fully saturated rings. The molecular weight excluding hydrogens is 518 g/mol. The number of nitrogens with zero attached hydrogens (tertiary/aromatic N) is 1. The molecule has 37 heavy (non-hydrogen) atoms. The molecule has 0 aliphatic carbocycles. The van der Waals surface area contributed by atoms with Gasteiger partial charge in [0.1, 0.15) is 4.90 Å². The summed E-state index contributed by atoms with van der Waals surface area (Å²) < 4.78 is 72.3. The van der Waals surface area contributed by atoms with Crippen molar-refractivity contribution in [3.8, 4) is 23.0 Å². The average Bonchev–Trinajstić information content (AvgIpc) is 3.33. The van der Waals surface area contributed by atoms with E-state index >= 15 is 0 Å². The molecule has 0 saturated heterocycles. The Hall–Kier alpha value is -3.28. The number of rotatable bonds is 5. The summed E-state index contributed by atoms with van der Waals surface area (Å²) in [7, 11) is -6.24. The van der Waals surface area contributed by atoms with Gasteiger partial charge >= 0.3 is 10.1 Å². The molecule has 3 aliphatic rings. The zero-order valence-electron chi connectivity index (χ0n) is 20.3. The smallest absolute Gasteiger partial charge is 0.339 e. The Labute approximate surface area is 215 Å². The van der Waals surface area contributed by atoms with Crippen LogP contribution in [0.5, 0.6) is 23.0 Å². The molecule has 0 saturated carbocycles. The molecule has 3 aromatic carbocycles. The highest BCUT2D eigenvalue weighted by atomic mass is 32.2. The number of benzene rings is 3. The van der Waals surface area contributed by atoms with Gasteiger partial charge in [0, 0.05) is 31.0 Å². The second kappa shape index (κ2) is 8.64. The monoisotopic (exact) mass is 543 g/mol. The zero-order chi connectivity index (χ0) is 25.9. The molecule has 0 N–H and O–H groups in total. The van der Waals surface area contributed by atoms with Gasteiger partial charge in [0.05, 0.1) is 12.0 Å². The van der Waals surface area contributed by atoms with E-state index in [2.05, 4.69) is 17.0 Å². The summed E-state index contributed by atoms with van der Waals surface area (Å²) in [6, 6.07) is 12.9. The summed E-state index contributed by atoms with van der Waals surface area (Å²) in [6.07, 6.45) is 2.57. The van der Waals surface area contributed by atoms with Crippen molar-refractivity contribution in [2.24, 2.45) is 0 Å². The van der Waals surface area contributed by atoms with Crippen molar-refractivity contribution in [3.05, 3.63) is 70.8 Å². The van der Waals surface area contributed by atoms with Crippen LogP contribution in [0.4, 0.5) is 0 Å². The Bertz CT molecular complexity index is 1620. The second-order valence-electron chi connectivity index (χ2n) is 9.36. The van der Waals surface area contributed by atoms with Gasteiger partial charge in [0.15, 0.2) is 32.8 Å². The molecule has 1 atom stereocenters. The van der Waals surface area contributed by atoms with E-state index in [9.17, 15) is 16.8 Å². The summed E-state index contributed by atoms with van der Waals surface area (Å²) in [5.41, 5.74) is 4.17. The minimum absolute atomic E-state index is 0.0279. The highest BCUT2D eigenvalue weighted by Crippen LogP contribution is 2.47. The second-order valence-corrected chi connectivity index (χ2v) is 12.9. The summed E-state index contributed by atoms with van der Waals surface area (Å²) in [5, 5.41) is 0. The third-order valence-corrected chi connectivity index (χ3v) is 9.52. The first-order chi connectivity index (χ1) is 17.6. The Balaban J connectivity index is 1.35. The topological polar surface area (TPSA) is 108 Å². The van der Waals surface area contributed by atoms with E-state index in [-0.39, 0.29) is 28.4 Å². The summed E-state index contributed by atoms with van der Waals surface area (Å²) >= 11 is 0. The van der Waals surface area contributed by atoms with Crippen LogP contribution in [0, 0.1) is 0 Å². The lowest BCUT2D eigenvalue weighted by Gasteiger charge is -2.42. The van der Waals surface area contributed by atoms with Crippen LogP contribution in [0.1, 0.15) is 28.3 Å². The van der Waals surface area contributed by atoms with Crippen molar-refractivity contribution < 1.29 is 35.2 Å². The Morgan fingerprint density at radius 2 is 1.62 bits per heavy atom. The first-order valence-electron chi connectivity index (χ1n) is 11.7. The van der Waals surface area contributed by atoms with Gasteiger partial charge in [0.25, 0.3) is 0 Å². The number of ether oxygens (including phenoxy) is 3. The standard InChI is InChI=1S/C26H25NO8S2/c1-32-23-8-3-16-11-22-20-13-25-24(33-15-34-25)12-17(20)9-10-27(22)14-21(16)26(23)35-37(30,31)19-6-4-18(5-7-19)36(2,28)29/h3-8,12-13,22H,9-11,14-15H2,1-2H3. The number of hydrogen-bond donors (Lipinski definition) is 0. The third-order valence-electron chi connectivity index (χ3n) is 7.15. The number of fused-ring (bicyclic) bond motifs is 5. The molecule has 3 heterocycles. The highest BCUT2D eigenvalue weighted by molar-refractivity contribution is 7.90. The van der Waals surface area contributed by atoms with Crippen LogP contribution in [0.3, 0.4) is 0 Å². The molecule has 1 unspecified atom stereocenters. The zero-order valence-corrected chi connectivity index (χ0v) is 21.9. The largest absolute Gasteiger partial charge is 0.493 e. The molecule has 3 aliphatic heterocycles. The lowest BCUT2D eigenvalue weighted by atomic mass is 9.83. The van der Waals surface area contributed by atoms with E-state index in [0.29, 0.717) is 18.7 Å². The molecule has 0 spiro atoms. The van der Waals surface area contributed by atoms with Gasteiger partial charge in [-0.25, -0.2) is 8.42 Å². The lowest BCUT2D eigenvalue weighted by molar-refractivity contribution is 0.159. The Kier molecular flexibility index (Phi) is 5.62. The molecule has 6 rings (SSSR count). The van der Waals surface area contributed by atoms with E-state index < -0.39 is 20.0 Å². The van der Waals surface area contributed by atoms with E-state index in [1.165, 1.54) is 42.5 Å². The predicted molar refractivity (Wildman–Crippen MR) is 133 cm³/mol. The fourth-order valence-corrected chi connectivity index (χ4v) is 6.86. The van der Waals surface area contributed by atoms with Crippen LogP contribution in [0.2, 0.25) is 0 Å². The van der Waals surface area contributed by atoms with Gasteiger partial charge < -0.3 is 18.4 Å². The van der Waals surface area contributed by atoms with E-state index in [0.717, 1.165) is 41.8 Å². The normalized spacial score (nSPS) is 18.5. The van der Waals surface area contributed by atoms with Gasteiger partial charge in [0.2, 0.25) is 6.79 Å². The van der Waals surface area contributed by atoms with Gasteiger partial charge in [-0.3, -0.25) is 4.90 Å². The molecule has 11 heteroatoms. The molecule has 194 valence electrons. The summed E-state index contributed by atoms with van der Waals surface area (Å²) in [4.78, 5) is 2.20. The highest BCUT2D eigenvalue weighted by Gasteiger charge is 2.36. The van der Waals surface area contributed by atoms with E-state index in [4.69, 9.17) is 18.4 Å². The molecule has 3 aromatic rings. The van der Waals surface area contributed by atoms with Crippen molar-refractivity contribution in [3.63, 3.8) is 0 Å². The fourth-order valence-electron chi connectivity index (χ4n) is 5.26.